The lowest BCUT2D eigenvalue weighted by atomic mass is 9.47. The Balaban J connectivity index is 1.77. The van der Waals surface area contributed by atoms with Crippen LogP contribution in [0.2, 0.25) is 0 Å². The van der Waals surface area contributed by atoms with Gasteiger partial charge in [-0.15, -0.1) is 0 Å². The number of likely N-dealkylation sites (N-methyl/N-ethyl adjacent to an activating group) is 1. The molecule has 0 aliphatic heterocycles. The molecule has 98 valence electrons. The molecule has 4 aliphatic rings. The molecule has 0 saturated heterocycles. The van der Waals surface area contributed by atoms with Gasteiger partial charge in [0.15, 0.2) is 0 Å². The second kappa shape index (κ2) is 4.24. The van der Waals surface area contributed by atoms with E-state index in [1.807, 2.05) is 0 Å². The molecule has 0 amide bonds. The van der Waals surface area contributed by atoms with Crippen LogP contribution in [0.3, 0.4) is 0 Å². The molecule has 2 nitrogen and oxygen atoms in total. The van der Waals surface area contributed by atoms with Crippen molar-refractivity contribution in [3.63, 3.8) is 0 Å². The van der Waals surface area contributed by atoms with Crippen LogP contribution in [0, 0.1) is 23.2 Å². The Morgan fingerprint density at radius 1 is 1.12 bits per heavy atom. The second-order valence-electron chi connectivity index (χ2n) is 7.23. The predicted molar refractivity (Wildman–Crippen MR) is 71.8 cm³/mol. The summed E-state index contributed by atoms with van der Waals surface area (Å²) in [6, 6.07) is 0.736. The lowest BCUT2D eigenvalue weighted by Gasteiger charge is -2.60. The molecule has 4 aliphatic carbocycles. The minimum atomic E-state index is 0.651. The van der Waals surface area contributed by atoms with E-state index in [2.05, 4.69) is 18.9 Å². The standard InChI is InChI=1S/C15H28N2/c1-11(17(2)4-3-16)15-8-12-5-13(9-15)7-14(6-12)10-15/h11-14H,3-10,16H2,1-2H3. The van der Waals surface area contributed by atoms with Gasteiger partial charge in [-0.25, -0.2) is 0 Å². The third-order valence-electron chi connectivity index (χ3n) is 6.11. The van der Waals surface area contributed by atoms with Crippen molar-refractivity contribution in [2.24, 2.45) is 28.9 Å². The van der Waals surface area contributed by atoms with Crippen LogP contribution in [0.25, 0.3) is 0 Å². The first-order valence-corrected chi connectivity index (χ1v) is 7.53. The first-order chi connectivity index (χ1) is 8.13. The highest BCUT2D eigenvalue weighted by Crippen LogP contribution is 2.61. The lowest BCUT2D eigenvalue weighted by Crippen LogP contribution is -2.55. The van der Waals surface area contributed by atoms with Gasteiger partial charge < -0.3 is 10.6 Å². The van der Waals surface area contributed by atoms with Crippen molar-refractivity contribution in [1.82, 2.24) is 4.90 Å². The third-order valence-corrected chi connectivity index (χ3v) is 6.11. The van der Waals surface area contributed by atoms with Crippen LogP contribution in [0.4, 0.5) is 0 Å². The fourth-order valence-electron chi connectivity index (χ4n) is 5.55. The smallest absolute Gasteiger partial charge is 0.0121 e. The topological polar surface area (TPSA) is 29.3 Å². The molecule has 0 radical (unpaired) electrons. The van der Waals surface area contributed by atoms with Gasteiger partial charge in [-0.1, -0.05) is 0 Å². The average Bonchev–Trinajstić information content (AvgIpc) is 2.26. The number of nitrogens with zero attached hydrogens (tertiary/aromatic N) is 1. The molecular weight excluding hydrogens is 208 g/mol. The molecule has 4 rings (SSSR count). The van der Waals surface area contributed by atoms with Crippen LogP contribution >= 0.6 is 0 Å². The maximum Gasteiger partial charge on any atom is 0.0121 e. The van der Waals surface area contributed by atoms with Gasteiger partial charge in [0.1, 0.15) is 0 Å². The monoisotopic (exact) mass is 236 g/mol. The van der Waals surface area contributed by atoms with Crippen molar-refractivity contribution < 1.29 is 0 Å². The Labute approximate surface area is 106 Å². The molecule has 4 bridgehead atoms. The van der Waals surface area contributed by atoms with Gasteiger partial charge in [0, 0.05) is 19.1 Å². The van der Waals surface area contributed by atoms with Gasteiger partial charge >= 0.3 is 0 Å². The third kappa shape index (κ3) is 1.94. The van der Waals surface area contributed by atoms with Crippen LogP contribution in [0.15, 0.2) is 0 Å². The van der Waals surface area contributed by atoms with E-state index >= 15 is 0 Å². The molecule has 0 heterocycles. The Morgan fingerprint density at radius 2 is 1.59 bits per heavy atom. The summed E-state index contributed by atoms with van der Waals surface area (Å²) in [6.07, 6.45) is 9.17. The minimum Gasteiger partial charge on any atom is -0.329 e. The number of nitrogens with two attached hydrogens (primary N) is 1. The largest absolute Gasteiger partial charge is 0.329 e. The van der Waals surface area contributed by atoms with Crippen LogP contribution in [-0.2, 0) is 0 Å². The van der Waals surface area contributed by atoms with Gasteiger partial charge in [-0.2, -0.15) is 0 Å². The van der Waals surface area contributed by atoms with Gasteiger partial charge in [-0.3, -0.25) is 0 Å². The molecule has 4 saturated carbocycles. The second-order valence-corrected chi connectivity index (χ2v) is 7.23. The Bertz CT molecular complexity index is 251. The number of hydrogen-bond donors (Lipinski definition) is 1. The van der Waals surface area contributed by atoms with Crippen molar-refractivity contribution in [2.45, 2.75) is 51.5 Å². The van der Waals surface area contributed by atoms with Crippen LogP contribution in [-0.4, -0.2) is 31.1 Å². The summed E-state index contributed by atoms with van der Waals surface area (Å²) in [5.41, 5.74) is 6.37. The number of hydrogen-bond acceptors (Lipinski definition) is 2. The first-order valence-electron chi connectivity index (χ1n) is 7.53. The number of rotatable bonds is 4. The minimum absolute atomic E-state index is 0.651. The molecule has 17 heavy (non-hydrogen) atoms. The lowest BCUT2D eigenvalue weighted by molar-refractivity contribution is -0.0920. The highest BCUT2D eigenvalue weighted by Gasteiger charge is 2.53. The zero-order valence-electron chi connectivity index (χ0n) is 11.5. The summed E-state index contributed by atoms with van der Waals surface area (Å²) in [6.45, 7) is 4.32. The highest BCUT2D eigenvalue weighted by atomic mass is 15.1. The Hall–Kier alpha value is -0.0800. The molecule has 4 fully saturated rings. The highest BCUT2D eigenvalue weighted by molar-refractivity contribution is 5.05. The van der Waals surface area contributed by atoms with Gasteiger partial charge in [0.25, 0.3) is 0 Å². The molecule has 1 atom stereocenters. The zero-order valence-corrected chi connectivity index (χ0v) is 11.5. The van der Waals surface area contributed by atoms with Crippen molar-refractivity contribution in [2.75, 3.05) is 20.1 Å². The molecule has 0 aromatic carbocycles. The Kier molecular flexibility index (Phi) is 2.99. The van der Waals surface area contributed by atoms with Crippen LogP contribution < -0.4 is 5.73 Å². The maximum absolute atomic E-state index is 5.72. The molecule has 0 aromatic heterocycles. The maximum atomic E-state index is 5.72. The van der Waals surface area contributed by atoms with E-state index in [1.165, 1.54) is 19.3 Å². The summed E-state index contributed by atoms with van der Waals surface area (Å²) >= 11 is 0. The van der Waals surface area contributed by atoms with Gasteiger partial charge in [-0.05, 0) is 75.7 Å². The quantitative estimate of drug-likeness (QED) is 0.812. The molecule has 2 N–H and O–H groups in total. The van der Waals surface area contributed by atoms with E-state index in [4.69, 9.17) is 5.73 Å². The van der Waals surface area contributed by atoms with Crippen LogP contribution in [0.1, 0.15) is 45.4 Å². The van der Waals surface area contributed by atoms with E-state index < -0.39 is 0 Å². The summed E-state index contributed by atoms with van der Waals surface area (Å²) < 4.78 is 0. The molecular formula is C15H28N2. The van der Waals surface area contributed by atoms with Crippen molar-refractivity contribution in [3.8, 4) is 0 Å². The predicted octanol–water partition coefficient (Wildman–Crippen LogP) is 2.48. The molecule has 0 aromatic rings. The summed E-state index contributed by atoms with van der Waals surface area (Å²) in [5, 5.41) is 0. The Morgan fingerprint density at radius 3 is 2.00 bits per heavy atom. The average molecular weight is 236 g/mol. The zero-order chi connectivity index (χ0) is 12.0. The van der Waals surface area contributed by atoms with Crippen LogP contribution in [0.5, 0.6) is 0 Å². The molecule has 2 heteroatoms. The first kappa shape index (κ1) is 12.0. The fourth-order valence-corrected chi connectivity index (χ4v) is 5.55. The van der Waals surface area contributed by atoms with E-state index in [-0.39, 0.29) is 0 Å². The van der Waals surface area contributed by atoms with E-state index in [0.29, 0.717) is 5.41 Å². The summed E-state index contributed by atoms with van der Waals surface area (Å²) in [5.74, 6) is 3.19. The fraction of sp³-hybridized carbons (Fsp3) is 1.00. The van der Waals surface area contributed by atoms with E-state index in [0.717, 1.165) is 36.9 Å². The summed E-state index contributed by atoms with van der Waals surface area (Å²) in [4.78, 5) is 2.52. The van der Waals surface area contributed by atoms with Gasteiger partial charge in [0.2, 0.25) is 0 Å². The van der Waals surface area contributed by atoms with Gasteiger partial charge in [0.05, 0.1) is 0 Å². The van der Waals surface area contributed by atoms with E-state index in [1.54, 1.807) is 19.3 Å². The van der Waals surface area contributed by atoms with Crippen molar-refractivity contribution in [3.05, 3.63) is 0 Å². The van der Waals surface area contributed by atoms with Crippen molar-refractivity contribution in [1.29, 1.82) is 0 Å². The SMILES string of the molecule is CC(N(C)CCN)C12CC3CC(CC(C3)C1)C2. The molecule has 1 unspecified atom stereocenters. The van der Waals surface area contributed by atoms with Crippen molar-refractivity contribution >= 4 is 0 Å². The summed E-state index contributed by atoms with van der Waals surface area (Å²) in [7, 11) is 2.27. The molecule has 0 spiro atoms. The van der Waals surface area contributed by atoms with E-state index in [9.17, 15) is 0 Å². The normalized spacial score (nSPS) is 45.5.